The number of rotatable bonds is 2. The van der Waals surface area contributed by atoms with Crippen LogP contribution in [0.1, 0.15) is 69.7 Å². The fourth-order valence-corrected chi connectivity index (χ4v) is 3.63. The zero-order valence-electron chi connectivity index (χ0n) is 15.0. The first-order chi connectivity index (χ1) is 10.8. The molecule has 0 spiro atoms. The Balaban J connectivity index is 2.05. The fraction of sp³-hybridized carbons (Fsp3) is 0.409. The molecule has 2 aromatic rings. The van der Waals surface area contributed by atoms with Gasteiger partial charge in [-0.15, -0.1) is 0 Å². The van der Waals surface area contributed by atoms with Crippen LogP contribution in [0.2, 0.25) is 0 Å². The fourth-order valence-electron chi connectivity index (χ4n) is 3.63. The van der Waals surface area contributed by atoms with Crippen molar-refractivity contribution < 1.29 is 0 Å². The molecular weight excluding hydrogens is 278 g/mol. The summed E-state index contributed by atoms with van der Waals surface area (Å²) in [6.07, 6.45) is 8.46. The molecule has 0 radical (unpaired) electrons. The van der Waals surface area contributed by atoms with Crippen molar-refractivity contribution in [1.29, 1.82) is 0 Å². The maximum absolute atomic E-state index is 4.20. The van der Waals surface area contributed by atoms with E-state index in [2.05, 4.69) is 69.9 Å². The van der Waals surface area contributed by atoms with Crippen LogP contribution in [0.5, 0.6) is 0 Å². The summed E-state index contributed by atoms with van der Waals surface area (Å²) in [6.45, 7) is 11.7. The minimum Gasteiger partial charge on any atom is -0.264 e. The van der Waals surface area contributed by atoms with Crippen molar-refractivity contribution >= 4 is 11.6 Å². The van der Waals surface area contributed by atoms with Crippen molar-refractivity contribution in [3.63, 3.8) is 0 Å². The molecule has 1 aliphatic rings. The molecule has 120 valence electrons. The summed E-state index contributed by atoms with van der Waals surface area (Å²) < 4.78 is 0. The molecule has 0 atom stereocenters. The van der Waals surface area contributed by atoms with Gasteiger partial charge in [0.15, 0.2) is 0 Å². The van der Waals surface area contributed by atoms with E-state index in [4.69, 9.17) is 0 Å². The third-order valence-corrected chi connectivity index (χ3v) is 5.38. The number of hydrogen-bond acceptors (Lipinski definition) is 1. The first-order valence-electron chi connectivity index (χ1n) is 8.53. The van der Waals surface area contributed by atoms with Gasteiger partial charge in [-0.25, -0.2) is 0 Å². The highest BCUT2D eigenvalue weighted by Crippen LogP contribution is 2.46. The van der Waals surface area contributed by atoms with Crippen molar-refractivity contribution in [2.75, 3.05) is 0 Å². The van der Waals surface area contributed by atoms with Crippen LogP contribution >= 0.6 is 0 Å². The SMILES string of the molecule is C/C(=C\c1cccnc1)c1ccc2c(c1)C(C)(C)CCC2(C)C. The van der Waals surface area contributed by atoms with Crippen LogP contribution in [0.15, 0.2) is 42.7 Å². The predicted octanol–water partition coefficient (Wildman–Crippen LogP) is 5.99. The molecule has 0 fully saturated rings. The Kier molecular flexibility index (Phi) is 3.91. The Morgan fingerprint density at radius 1 is 1.00 bits per heavy atom. The Morgan fingerprint density at radius 3 is 2.35 bits per heavy atom. The summed E-state index contributed by atoms with van der Waals surface area (Å²) in [6, 6.07) is 11.1. The molecule has 0 unspecified atom stereocenters. The minimum absolute atomic E-state index is 0.259. The van der Waals surface area contributed by atoms with Crippen molar-refractivity contribution in [2.45, 2.75) is 58.3 Å². The van der Waals surface area contributed by atoms with Crippen LogP contribution in [0.4, 0.5) is 0 Å². The molecule has 1 nitrogen and oxygen atoms in total. The first-order valence-corrected chi connectivity index (χ1v) is 8.53. The quantitative estimate of drug-likeness (QED) is 0.664. The van der Waals surface area contributed by atoms with E-state index >= 15 is 0 Å². The van der Waals surface area contributed by atoms with Crippen molar-refractivity contribution in [3.8, 4) is 0 Å². The summed E-state index contributed by atoms with van der Waals surface area (Å²) >= 11 is 0. The number of fused-ring (bicyclic) bond motifs is 1. The van der Waals surface area contributed by atoms with Crippen molar-refractivity contribution in [1.82, 2.24) is 4.98 Å². The lowest BCUT2D eigenvalue weighted by Gasteiger charge is -2.42. The number of allylic oxidation sites excluding steroid dienone is 1. The van der Waals surface area contributed by atoms with Gasteiger partial charge in [0.25, 0.3) is 0 Å². The summed E-state index contributed by atoms with van der Waals surface area (Å²) in [5, 5.41) is 0. The molecule has 3 rings (SSSR count). The summed E-state index contributed by atoms with van der Waals surface area (Å²) in [7, 11) is 0. The van der Waals surface area contributed by atoms with Gasteiger partial charge in [-0.2, -0.15) is 0 Å². The van der Waals surface area contributed by atoms with Crippen LogP contribution < -0.4 is 0 Å². The molecule has 1 aromatic carbocycles. The second-order valence-electron chi connectivity index (χ2n) is 8.14. The second kappa shape index (κ2) is 5.63. The third kappa shape index (κ3) is 3.10. The Labute approximate surface area is 140 Å². The largest absolute Gasteiger partial charge is 0.264 e. The highest BCUT2D eigenvalue weighted by Gasteiger charge is 2.36. The second-order valence-corrected chi connectivity index (χ2v) is 8.14. The topological polar surface area (TPSA) is 12.9 Å². The van der Waals surface area contributed by atoms with Gasteiger partial charge in [-0.1, -0.05) is 52.0 Å². The maximum atomic E-state index is 4.20. The maximum Gasteiger partial charge on any atom is 0.0340 e. The Bertz CT molecular complexity index is 736. The summed E-state index contributed by atoms with van der Waals surface area (Å²) in [5.41, 5.74) is 7.34. The average Bonchev–Trinajstić information content (AvgIpc) is 2.52. The molecule has 1 aromatic heterocycles. The summed E-state index contributed by atoms with van der Waals surface area (Å²) in [4.78, 5) is 4.20. The Hall–Kier alpha value is -1.89. The zero-order chi connectivity index (χ0) is 16.7. The highest BCUT2D eigenvalue weighted by molar-refractivity contribution is 5.80. The van der Waals surface area contributed by atoms with Gasteiger partial charge in [0.1, 0.15) is 0 Å². The molecule has 0 N–H and O–H groups in total. The van der Waals surface area contributed by atoms with E-state index in [1.807, 2.05) is 18.5 Å². The van der Waals surface area contributed by atoms with E-state index in [9.17, 15) is 0 Å². The molecule has 0 saturated heterocycles. The molecule has 0 saturated carbocycles. The van der Waals surface area contributed by atoms with Crippen LogP contribution in [-0.2, 0) is 10.8 Å². The van der Waals surface area contributed by atoms with E-state index in [1.165, 1.54) is 35.1 Å². The molecule has 1 heteroatoms. The molecule has 0 aliphatic heterocycles. The number of nitrogens with zero attached hydrogens (tertiary/aromatic N) is 1. The minimum atomic E-state index is 0.259. The molecule has 1 aliphatic carbocycles. The van der Waals surface area contributed by atoms with E-state index in [0.717, 1.165) is 5.56 Å². The standard InChI is InChI=1S/C22H27N/c1-16(13-17-7-6-12-23-15-17)18-8-9-19-20(14-18)22(4,5)11-10-21(19,2)3/h6-9,12-15H,10-11H2,1-5H3/b16-13+. The van der Waals surface area contributed by atoms with Crippen LogP contribution in [0.3, 0.4) is 0 Å². The normalized spacial score (nSPS) is 19.3. The van der Waals surface area contributed by atoms with E-state index in [-0.39, 0.29) is 10.8 Å². The van der Waals surface area contributed by atoms with Gasteiger partial charge in [-0.3, -0.25) is 4.98 Å². The lowest BCUT2D eigenvalue weighted by Crippen LogP contribution is -2.33. The van der Waals surface area contributed by atoms with Crippen molar-refractivity contribution in [3.05, 3.63) is 65.0 Å². The van der Waals surface area contributed by atoms with Crippen LogP contribution in [-0.4, -0.2) is 4.98 Å². The monoisotopic (exact) mass is 305 g/mol. The van der Waals surface area contributed by atoms with Gasteiger partial charge in [0, 0.05) is 12.4 Å². The first kappa shape index (κ1) is 16.0. The number of aromatic nitrogens is 1. The van der Waals surface area contributed by atoms with E-state index in [0.29, 0.717) is 0 Å². The smallest absolute Gasteiger partial charge is 0.0340 e. The molecule has 23 heavy (non-hydrogen) atoms. The highest BCUT2D eigenvalue weighted by atomic mass is 14.6. The Morgan fingerprint density at radius 2 is 1.70 bits per heavy atom. The van der Waals surface area contributed by atoms with Crippen LogP contribution in [0.25, 0.3) is 11.6 Å². The van der Waals surface area contributed by atoms with Crippen LogP contribution in [0, 0.1) is 0 Å². The van der Waals surface area contributed by atoms with Crippen molar-refractivity contribution in [2.24, 2.45) is 0 Å². The number of hydrogen-bond donors (Lipinski definition) is 0. The predicted molar refractivity (Wildman–Crippen MR) is 99.5 cm³/mol. The third-order valence-electron chi connectivity index (χ3n) is 5.38. The molecular formula is C22H27N. The van der Waals surface area contributed by atoms with Gasteiger partial charge < -0.3 is 0 Å². The van der Waals surface area contributed by atoms with Gasteiger partial charge in [-0.05, 0) is 70.6 Å². The average molecular weight is 305 g/mol. The zero-order valence-corrected chi connectivity index (χ0v) is 15.0. The van der Waals surface area contributed by atoms with Gasteiger partial charge >= 0.3 is 0 Å². The molecule has 1 heterocycles. The summed E-state index contributed by atoms with van der Waals surface area (Å²) in [5.74, 6) is 0. The number of benzene rings is 1. The van der Waals surface area contributed by atoms with Gasteiger partial charge in [0.2, 0.25) is 0 Å². The lowest BCUT2D eigenvalue weighted by atomic mass is 9.63. The number of pyridine rings is 1. The van der Waals surface area contributed by atoms with E-state index < -0.39 is 0 Å². The lowest BCUT2D eigenvalue weighted by molar-refractivity contribution is 0.332. The van der Waals surface area contributed by atoms with Gasteiger partial charge in [0.05, 0.1) is 0 Å². The molecule has 0 bridgehead atoms. The molecule has 0 amide bonds. The van der Waals surface area contributed by atoms with E-state index in [1.54, 1.807) is 0 Å².